The molecular weight excluding hydrogens is 554 g/mol. The van der Waals surface area contributed by atoms with Crippen LogP contribution in [0.5, 0.6) is 0 Å². The number of aromatic nitrogens is 1. The third-order valence-electron chi connectivity index (χ3n) is 10.1. The molecule has 0 unspecified atom stereocenters. The number of anilines is 2. The van der Waals surface area contributed by atoms with Crippen LogP contribution in [-0.4, -0.2) is 62.1 Å². The highest BCUT2D eigenvalue weighted by Crippen LogP contribution is 2.42. The van der Waals surface area contributed by atoms with E-state index in [4.69, 9.17) is 4.74 Å². The molecule has 6 rings (SSSR count). The Kier molecular flexibility index (Phi) is 8.79. The average Bonchev–Trinajstić information content (AvgIpc) is 3.75. The molecule has 0 spiro atoms. The molecule has 3 heterocycles. The Morgan fingerprint density at radius 3 is 2.52 bits per heavy atom. The van der Waals surface area contributed by atoms with Gasteiger partial charge in [0.25, 0.3) is 0 Å². The Balaban J connectivity index is 1.20. The number of carbonyl (C=O) groups excluding carboxylic acids is 3. The van der Waals surface area contributed by atoms with Crippen LogP contribution in [0, 0.1) is 17.3 Å². The summed E-state index contributed by atoms with van der Waals surface area (Å²) < 4.78 is 5.27. The number of piperidine rings is 1. The zero-order valence-electron chi connectivity index (χ0n) is 26.4. The summed E-state index contributed by atoms with van der Waals surface area (Å²) in [6.45, 7) is 6.29. The first-order valence-electron chi connectivity index (χ1n) is 16.4. The second-order valence-corrected chi connectivity index (χ2v) is 13.9. The van der Waals surface area contributed by atoms with Gasteiger partial charge in [0.05, 0.1) is 17.4 Å². The van der Waals surface area contributed by atoms with Gasteiger partial charge in [0.1, 0.15) is 0 Å². The summed E-state index contributed by atoms with van der Waals surface area (Å²) in [5.41, 5.74) is 3.14. The third-order valence-corrected chi connectivity index (χ3v) is 10.1. The number of nitrogens with zero attached hydrogens (tertiary/aromatic N) is 3. The zero-order chi connectivity index (χ0) is 30.9. The van der Waals surface area contributed by atoms with E-state index in [0.29, 0.717) is 39.1 Å². The largest absolute Gasteiger partial charge is 0.385 e. The van der Waals surface area contributed by atoms with Gasteiger partial charge in [-0.3, -0.25) is 19.4 Å². The summed E-state index contributed by atoms with van der Waals surface area (Å²) in [6.07, 6.45) is 11.4. The second kappa shape index (κ2) is 12.6. The Bertz CT molecular complexity index is 1370. The van der Waals surface area contributed by atoms with Crippen LogP contribution >= 0.6 is 0 Å². The van der Waals surface area contributed by atoms with E-state index in [9.17, 15) is 14.4 Å². The molecule has 2 atom stereocenters. The molecule has 1 saturated heterocycles. The number of methoxy groups -OCH3 is 1. The molecule has 9 nitrogen and oxygen atoms in total. The van der Waals surface area contributed by atoms with Crippen molar-refractivity contribution in [2.75, 3.05) is 43.2 Å². The molecule has 2 aliphatic carbocycles. The van der Waals surface area contributed by atoms with E-state index >= 15 is 0 Å². The molecule has 1 aromatic heterocycles. The summed E-state index contributed by atoms with van der Waals surface area (Å²) in [7, 11) is 1.68. The van der Waals surface area contributed by atoms with E-state index in [1.807, 2.05) is 47.9 Å². The highest BCUT2D eigenvalue weighted by molar-refractivity contribution is 6.02. The van der Waals surface area contributed by atoms with Crippen LogP contribution in [0.15, 0.2) is 42.7 Å². The minimum Gasteiger partial charge on any atom is -0.385 e. The van der Waals surface area contributed by atoms with Gasteiger partial charge < -0.3 is 25.2 Å². The SMILES string of the molecule is COCCCN1C(=O)C(C)(C)Cc2ccc(N(C(=O)[C@H]3CNC[C@@H](C(=O)NC4(c5ccncc5)CCCC4)C3)C3CC3)cc21. The predicted molar refractivity (Wildman–Crippen MR) is 170 cm³/mol. The zero-order valence-corrected chi connectivity index (χ0v) is 26.4. The molecule has 3 fully saturated rings. The van der Waals surface area contributed by atoms with Crippen LogP contribution in [0.3, 0.4) is 0 Å². The number of nitrogens with one attached hydrogen (secondary N) is 2. The summed E-state index contributed by atoms with van der Waals surface area (Å²) in [5.74, 6) is -0.378. The number of fused-ring (bicyclic) bond motifs is 1. The van der Waals surface area contributed by atoms with Gasteiger partial charge in [0, 0.05) is 68.6 Å². The number of carbonyl (C=O) groups is 3. The smallest absolute Gasteiger partial charge is 0.232 e. The number of hydrogen-bond donors (Lipinski definition) is 2. The van der Waals surface area contributed by atoms with Crippen molar-refractivity contribution in [3.63, 3.8) is 0 Å². The van der Waals surface area contributed by atoms with E-state index in [2.05, 4.69) is 21.7 Å². The van der Waals surface area contributed by atoms with Gasteiger partial charge in [-0.15, -0.1) is 0 Å². The number of benzene rings is 1. The minimum absolute atomic E-state index is 0.0216. The summed E-state index contributed by atoms with van der Waals surface area (Å²) in [5, 5.41) is 6.83. The lowest BCUT2D eigenvalue weighted by atomic mass is 9.80. The minimum atomic E-state index is -0.481. The first kappa shape index (κ1) is 30.7. The van der Waals surface area contributed by atoms with E-state index in [1.54, 1.807) is 19.5 Å². The van der Waals surface area contributed by atoms with Crippen LogP contribution in [-0.2, 0) is 31.1 Å². The second-order valence-electron chi connectivity index (χ2n) is 13.9. The summed E-state index contributed by atoms with van der Waals surface area (Å²) >= 11 is 0. The Morgan fingerprint density at radius 1 is 1.09 bits per heavy atom. The van der Waals surface area contributed by atoms with Gasteiger partial charge >= 0.3 is 0 Å². The number of hydrogen-bond acceptors (Lipinski definition) is 6. The first-order valence-corrected chi connectivity index (χ1v) is 16.4. The molecule has 3 amide bonds. The van der Waals surface area contributed by atoms with Gasteiger partial charge in [-0.1, -0.05) is 32.8 Å². The van der Waals surface area contributed by atoms with E-state index < -0.39 is 5.41 Å². The summed E-state index contributed by atoms with van der Waals surface area (Å²) in [4.78, 5) is 49.5. The predicted octanol–water partition coefficient (Wildman–Crippen LogP) is 4.34. The standard InChI is InChI=1S/C35H47N5O4/c1-34(2)21-24-7-8-29(20-30(24)39(33(34)43)17-6-18-44-3)40(28-9-10-28)32(42)26-19-25(22-37-23-26)31(41)38-35(13-4-5-14-35)27-11-15-36-16-12-27/h7-8,11-12,15-16,20,25-26,28,37H,4-6,9-10,13-14,17-19,21-23H2,1-3H3,(H,38,41)/t25-,26+/m0/s1. The lowest BCUT2D eigenvalue weighted by Gasteiger charge is -2.40. The monoisotopic (exact) mass is 601 g/mol. The van der Waals surface area contributed by atoms with Crippen LogP contribution in [0.2, 0.25) is 0 Å². The van der Waals surface area contributed by atoms with Crippen LogP contribution in [0.1, 0.15) is 76.3 Å². The van der Waals surface area contributed by atoms with Crippen molar-refractivity contribution < 1.29 is 19.1 Å². The maximum atomic E-state index is 14.3. The fourth-order valence-corrected chi connectivity index (χ4v) is 7.57. The van der Waals surface area contributed by atoms with Crippen molar-refractivity contribution >= 4 is 29.1 Å². The Labute approximate surface area is 261 Å². The molecule has 0 radical (unpaired) electrons. The number of amides is 3. The lowest BCUT2D eigenvalue weighted by molar-refractivity contribution is -0.130. The van der Waals surface area contributed by atoms with Crippen molar-refractivity contribution in [3.05, 3.63) is 53.9 Å². The molecule has 2 saturated carbocycles. The molecule has 2 aromatic rings. The van der Waals surface area contributed by atoms with Crippen molar-refractivity contribution in [2.24, 2.45) is 17.3 Å². The Hall–Kier alpha value is -3.30. The molecule has 1 aromatic carbocycles. The van der Waals surface area contributed by atoms with E-state index in [-0.39, 0.29) is 41.1 Å². The fraction of sp³-hybridized carbons (Fsp3) is 0.600. The van der Waals surface area contributed by atoms with Gasteiger partial charge in [-0.25, -0.2) is 0 Å². The Morgan fingerprint density at radius 2 is 1.82 bits per heavy atom. The van der Waals surface area contributed by atoms with Gasteiger partial charge in [0.2, 0.25) is 17.7 Å². The highest BCUT2D eigenvalue weighted by Gasteiger charge is 2.44. The molecule has 0 bridgehead atoms. The van der Waals surface area contributed by atoms with Crippen molar-refractivity contribution in [1.82, 2.24) is 15.6 Å². The fourth-order valence-electron chi connectivity index (χ4n) is 7.57. The lowest BCUT2D eigenvalue weighted by Crippen LogP contribution is -2.53. The van der Waals surface area contributed by atoms with Gasteiger partial charge in [-0.2, -0.15) is 0 Å². The third kappa shape index (κ3) is 6.13. The molecule has 2 aliphatic heterocycles. The van der Waals surface area contributed by atoms with Crippen molar-refractivity contribution in [3.8, 4) is 0 Å². The van der Waals surface area contributed by atoms with Crippen LogP contribution in [0.25, 0.3) is 0 Å². The molecule has 236 valence electrons. The maximum Gasteiger partial charge on any atom is 0.232 e. The van der Waals surface area contributed by atoms with Crippen LogP contribution in [0.4, 0.5) is 11.4 Å². The molecule has 2 N–H and O–H groups in total. The molecule has 9 heteroatoms. The number of rotatable bonds is 10. The normalized spacial score (nSPS) is 24.1. The van der Waals surface area contributed by atoms with Gasteiger partial charge in [-0.05, 0) is 80.3 Å². The maximum absolute atomic E-state index is 14.3. The molecule has 4 aliphatic rings. The number of ether oxygens (including phenoxy) is 1. The summed E-state index contributed by atoms with van der Waals surface area (Å²) in [6, 6.07) is 10.4. The first-order chi connectivity index (χ1) is 21.2. The van der Waals surface area contributed by atoms with Crippen LogP contribution < -0.4 is 20.4 Å². The average molecular weight is 602 g/mol. The van der Waals surface area contributed by atoms with Crippen molar-refractivity contribution in [2.45, 2.75) is 83.2 Å². The van der Waals surface area contributed by atoms with E-state index in [0.717, 1.165) is 67.4 Å². The van der Waals surface area contributed by atoms with Gasteiger partial charge in [0.15, 0.2) is 0 Å². The van der Waals surface area contributed by atoms with Crippen molar-refractivity contribution in [1.29, 1.82) is 0 Å². The van der Waals surface area contributed by atoms with E-state index in [1.165, 1.54) is 0 Å². The molecular formula is C35H47N5O4. The molecule has 44 heavy (non-hydrogen) atoms. The topological polar surface area (TPSA) is 104 Å². The highest BCUT2D eigenvalue weighted by atomic mass is 16.5. The quantitative estimate of drug-likeness (QED) is 0.393. The number of pyridine rings is 1.